The van der Waals surface area contributed by atoms with E-state index >= 15 is 0 Å². The van der Waals surface area contributed by atoms with Crippen molar-refractivity contribution in [3.05, 3.63) is 64.7 Å². The van der Waals surface area contributed by atoms with E-state index in [0.717, 1.165) is 23.8 Å². The Kier molecular flexibility index (Phi) is 10.6. The molecule has 1 aliphatic heterocycles. The van der Waals surface area contributed by atoms with E-state index < -0.39 is 0 Å². The van der Waals surface area contributed by atoms with Crippen LogP contribution in [0.5, 0.6) is 0 Å². The van der Waals surface area contributed by atoms with Gasteiger partial charge in [-0.05, 0) is 25.1 Å². The molecule has 0 saturated carbocycles. The van der Waals surface area contributed by atoms with Gasteiger partial charge in [0.1, 0.15) is 11.5 Å². The number of imidazole rings is 1. The van der Waals surface area contributed by atoms with E-state index in [4.69, 9.17) is 16.3 Å². The van der Waals surface area contributed by atoms with Crippen LogP contribution in [0.2, 0.25) is 5.02 Å². The third-order valence-corrected chi connectivity index (χ3v) is 5.60. The molecule has 0 saturated heterocycles. The quantitative estimate of drug-likeness (QED) is 0.445. The molecule has 0 bridgehead atoms. The summed E-state index contributed by atoms with van der Waals surface area (Å²) in [5.74, 6) is 0.742. The molecular formula is C24H33ClN4O3. The fourth-order valence-electron chi connectivity index (χ4n) is 3.29. The molecule has 0 unspecified atom stereocenters. The lowest BCUT2D eigenvalue weighted by molar-refractivity contribution is -0.127. The second-order valence-electron chi connectivity index (χ2n) is 7.63. The number of Topliss-reactive ketones (excluding diaryl/α,β-unsaturated/α-hetero) is 1. The van der Waals surface area contributed by atoms with Crippen molar-refractivity contribution in [2.45, 2.75) is 33.4 Å². The minimum absolute atomic E-state index is 0.00233. The maximum atomic E-state index is 12.2. The number of benzene rings is 1. The van der Waals surface area contributed by atoms with Gasteiger partial charge in [0.2, 0.25) is 5.91 Å². The number of ketones is 1. The number of carbonyl (C=O) groups excluding carboxylic acids is 2. The van der Waals surface area contributed by atoms with Crippen LogP contribution in [0.4, 0.5) is 0 Å². The standard InChI is InChI=1S/C16H24N4O3.C8H9Cl/c1-13(21)14-11-17-15-12-19(7-8-20(14)15)16(22)5-4-6-18(2)9-10-23-3;1-2-7-5-3-4-6-8(7)9/h4-5,11H,6-10,12H2,1-3H3;3-6H,2H2,1H3/b5-4+;. The van der Waals surface area contributed by atoms with E-state index in [1.54, 1.807) is 24.3 Å². The fraction of sp³-hybridized carbons (Fsp3) is 0.458. The summed E-state index contributed by atoms with van der Waals surface area (Å²) in [7, 11) is 3.65. The summed E-state index contributed by atoms with van der Waals surface area (Å²) < 4.78 is 6.91. The monoisotopic (exact) mass is 460 g/mol. The summed E-state index contributed by atoms with van der Waals surface area (Å²) >= 11 is 5.82. The molecule has 0 radical (unpaired) electrons. The maximum Gasteiger partial charge on any atom is 0.246 e. The predicted molar refractivity (Wildman–Crippen MR) is 127 cm³/mol. The van der Waals surface area contributed by atoms with Crippen molar-refractivity contribution < 1.29 is 14.3 Å². The number of likely N-dealkylation sites (N-methyl/N-ethyl adjacent to an activating group) is 1. The second-order valence-corrected chi connectivity index (χ2v) is 8.04. The van der Waals surface area contributed by atoms with E-state index in [9.17, 15) is 9.59 Å². The topological polar surface area (TPSA) is 67.7 Å². The van der Waals surface area contributed by atoms with Crippen LogP contribution in [0, 0.1) is 0 Å². The Hall–Kier alpha value is -2.48. The van der Waals surface area contributed by atoms with Crippen LogP contribution in [0.3, 0.4) is 0 Å². The van der Waals surface area contributed by atoms with Gasteiger partial charge in [-0.3, -0.25) is 9.59 Å². The van der Waals surface area contributed by atoms with Gasteiger partial charge in [-0.1, -0.05) is 42.8 Å². The third-order valence-electron chi connectivity index (χ3n) is 5.23. The molecule has 1 aromatic heterocycles. The van der Waals surface area contributed by atoms with Crippen molar-refractivity contribution in [1.82, 2.24) is 19.4 Å². The van der Waals surface area contributed by atoms with E-state index in [2.05, 4.69) is 16.8 Å². The number of halogens is 1. The summed E-state index contributed by atoms with van der Waals surface area (Å²) in [6.07, 6.45) is 6.07. The van der Waals surface area contributed by atoms with Crippen LogP contribution in [0.15, 0.2) is 42.6 Å². The highest BCUT2D eigenvalue weighted by molar-refractivity contribution is 6.31. The highest BCUT2D eigenvalue weighted by atomic mass is 35.5. The number of carbonyl (C=O) groups is 2. The zero-order valence-electron chi connectivity index (χ0n) is 19.4. The Balaban J connectivity index is 0.000000336. The molecule has 0 fully saturated rings. The van der Waals surface area contributed by atoms with Crippen molar-refractivity contribution in [1.29, 1.82) is 0 Å². The van der Waals surface area contributed by atoms with Crippen LogP contribution < -0.4 is 0 Å². The van der Waals surface area contributed by atoms with Gasteiger partial charge in [-0.25, -0.2) is 4.98 Å². The van der Waals surface area contributed by atoms with E-state index in [1.165, 1.54) is 12.5 Å². The van der Waals surface area contributed by atoms with Gasteiger partial charge in [-0.2, -0.15) is 0 Å². The minimum Gasteiger partial charge on any atom is -0.383 e. The molecule has 3 rings (SSSR count). The number of methoxy groups -OCH3 is 1. The number of nitrogens with zero attached hydrogens (tertiary/aromatic N) is 4. The first-order chi connectivity index (χ1) is 15.4. The van der Waals surface area contributed by atoms with Crippen molar-refractivity contribution in [2.24, 2.45) is 0 Å². The number of amides is 1. The molecular weight excluding hydrogens is 428 g/mol. The van der Waals surface area contributed by atoms with Gasteiger partial charge in [0.05, 0.1) is 19.3 Å². The predicted octanol–water partition coefficient (Wildman–Crippen LogP) is 3.46. The first-order valence-electron chi connectivity index (χ1n) is 10.8. The average Bonchev–Trinajstić information content (AvgIpc) is 3.22. The number of ether oxygens (including phenoxy) is 1. The Morgan fingerprint density at radius 2 is 2.03 bits per heavy atom. The SMILES string of the molecule is CCc1ccccc1Cl.COCCN(C)C/C=C/C(=O)N1CCn2c(C(C)=O)cnc2C1. The number of hydrogen-bond donors (Lipinski definition) is 0. The van der Waals surface area contributed by atoms with Crippen LogP contribution >= 0.6 is 11.6 Å². The van der Waals surface area contributed by atoms with Gasteiger partial charge in [0.15, 0.2) is 5.78 Å². The maximum absolute atomic E-state index is 12.2. The van der Waals surface area contributed by atoms with E-state index in [-0.39, 0.29) is 11.7 Å². The van der Waals surface area contributed by atoms with Crippen LogP contribution in [-0.2, 0) is 29.0 Å². The second kappa shape index (κ2) is 13.2. The molecule has 0 N–H and O–H groups in total. The van der Waals surface area contributed by atoms with Crippen LogP contribution in [-0.4, -0.2) is 71.4 Å². The Labute approximate surface area is 195 Å². The molecule has 174 valence electrons. The number of rotatable bonds is 8. The van der Waals surface area contributed by atoms with Crippen LogP contribution in [0.1, 0.15) is 35.7 Å². The lowest BCUT2D eigenvalue weighted by atomic mass is 10.2. The van der Waals surface area contributed by atoms with E-state index in [0.29, 0.717) is 38.5 Å². The summed E-state index contributed by atoms with van der Waals surface area (Å²) in [4.78, 5) is 31.8. The van der Waals surface area contributed by atoms with Crippen LogP contribution in [0.25, 0.3) is 0 Å². The Morgan fingerprint density at radius 3 is 2.66 bits per heavy atom. The number of aryl methyl sites for hydroxylation is 1. The fourth-order valence-corrected chi connectivity index (χ4v) is 3.56. The Bertz CT molecular complexity index is 926. The van der Waals surface area contributed by atoms with Gasteiger partial charge in [0, 0.05) is 51.3 Å². The smallest absolute Gasteiger partial charge is 0.246 e. The van der Waals surface area contributed by atoms with Crippen molar-refractivity contribution in [3.63, 3.8) is 0 Å². The van der Waals surface area contributed by atoms with Crippen molar-refractivity contribution in [3.8, 4) is 0 Å². The summed E-state index contributed by atoms with van der Waals surface area (Å²) in [5, 5.41) is 0.875. The molecule has 1 amide bonds. The number of hydrogen-bond acceptors (Lipinski definition) is 5. The first kappa shape index (κ1) is 25.8. The summed E-state index contributed by atoms with van der Waals surface area (Å²) in [6, 6.07) is 7.91. The molecule has 32 heavy (non-hydrogen) atoms. The molecule has 1 aromatic carbocycles. The number of aromatic nitrogens is 2. The highest BCUT2D eigenvalue weighted by Gasteiger charge is 2.23. The molecule has 2 heterocycles. The third kappa shape index (κ3) is 7.58. The zero-order chi connectivity index (χ0) is 23.5. The van der Waals surface area contributed by atoms with Crippen molar-refractivity contribution >= 4 is 23.3 Å². The minimum atomic E-state index is -0.0243. The Morgan fingerprint density at radius 1 is 1.28 bits per heavy atom. The zero-order valence-corrected chi connectivity index (χ0v) is 20.1. The summed E-state index contributed by atoms with van der Waals surface area (Å²) in [6.45, 7) is 7.47. The molecule has 0 atom stereocenters. The molecule has 2 aromatic rings. The lowest BCUT2D eigenvalue weighted by Crippen LogP contribution is -2.38. The molecule has 7 nitrogen and oxygen atoms in total. The lowest BCUT2D eigenvalue weighted by Gasteiger charge is -2.27. The molecule has 1 aliphatic rings. The summed E-state index contributed by atoms with van der Waals surface area (Å²) in [5.41, 5.74) is 1.83. The average molecular weight is 461 g/mol. The van der Waals surface area contributed by atoms with Gasteiger partial charge in [0.25, 0.3) is 0 Å². The van der Waals surface area contributed by atoms with Crippen molar-refractivity contribution in [2.75, 3.05) is 40.4 Å². The van der Waals surface area contributed by atoms with Gasteiger partial charge < -0.3 is 19.1 Å². The normalized spacial score (nSPS) is 13.1. The largest absolute Gasteiger partial charge is 0.383 e. The number of fused-ring (bicyclic) bond motifs is 1. The van der Waals surface area contributed by atoms with Gasteiger partial charge >= 0.3 is 0 Å². The first-order valence-corrected chi connectivity index (χ1v) is 11.2. The highest BCUT2D eigenvalue weighted by Crippen LogP contribution is 2.15. The van der Waals surface area contributed by atoms with Gasteiger partial charge in [-0.15, -0.1) is 0 Å². The molecule has 8 heteroatoms. The molecule has 0 aliphatic carbocycles. The molecule has 0 spiro atoms. The van der Waals surface area contributed by atoms with E-state index in [1.807, 2.05) is 42.0 Å².